The molecule has 0 aliphatic rings. The van der Waals surface area contributed by atoms with Gasteiger partial charge in [-0.1, -0.05) is 0 Å². The average Bonchev–Trinajstić information content (AvgIpc) is 2.41. The van der Waals surface area contributed by atoms with E-state index in [-0.39, 0.29) is 24.7 Å². The number of aliphatic hydroxyl groups excluding tert-OH is 1. The van der Waals surface area contributed by atoms with Crippen LogP contribution in [0.25, 0.3) is 0 Å². The Hall–Kier alpha value is -1.73. The van der Waals surface area contributed by atoms with Gasteiger partial charge in [0.15, 0.2) is 0 Å². The summed E-state index contributed by atoms with van der Waals surface area (Å²) in [5, 5.41) is 8.32. The molecule has 0 amide bonds. The van der Waals surface area contributed by atoms with Gasteiger partial charge >= 0.3 is 0 Å². The third-order valence-electron chi connectivity index (χ3n) is 1.64. The van der Waals surface area contributed by atoms with Gasteiger partial charge in [0.1, 0.15) is 30.9 Å². The highest BCUT2D eigenvalue weighted by molar-refractivity contribution is 5.87. The van der Waals surface area contributed by atoms with Gasteiger partial charge in [-0.2, -0.15) is 0 Å². The maximum Gasteiger partial charge on any atom is 0.136 e. The van der Waals surface area contributed by atoms with E-state index >= 15 is 0 Å². The lowest BCUT2D eigenvalue weighted by molar-refractivity contribution is -0.120. The molecule has 0 saturated carbocycles. The Morgan fingerprint density at radius 1 is 1.05 bits per heavy atom. The van der Waals surface area contributed by atoms with Crippen LogP contribution in [0.15, 0.2) is 0 Å². The van der Waals surface area contributed by atoms with Crippen molar-refractivity contribution in [1.29, 1.82) is 0 Å². The van der Waals surface area contributed by atoms with Crippen LogP contribution in [0, 0.1) is 0 Å². The van der Waals surface area contributed by atoms with E-state index in [1.54, 1.807) is 14.0 Å². The number of aliphatic hydroxyl groups is 1. The number of hydrogen-bond acceptors (Lipinski definition) is 7. The lowest BCUT2D eigenvalue weighted by atomic mass is 10.3. The Labute approximate surface area is 132 Å². The first-order valence-electron chi connectivity index (χ1n) is 6.68. The largest absolute Gasteiger partial charge is 0.393 e. The van der Waals surface area contributed by atoms with Crippen LogP contribution in [0.2, 0.25) is 0 Å². The van der Waals surface area contributed by atoms with Gasteiger partial charge in [0, 0.05) is 20.0 Å². The second-order valence-electron chi connectivity index (χ2n) is 4.01. The molecule has 7 nitrogen and oxygen atoms in total. The molecular formula is C15H28O7. The molecule has 0 aliphatic carbocycles. The highest BCUT2D eigenvalue weighted by Gasteiger charge is 1.93. The number of carbonyl (C=O) groups is 5. The first kappa shape index (κ1) is 28.4. The molecule has 0 spiro atoms. The normalized spacial score (nSPS) is 10.6. The van der Waals surface area contributed by atoms with Gasteiger partial charge in [-0.25, -0.2) is 0 Å². The van der Waals surface area contributed by atoms with E-state index in [4.69, 9.17) is 14.6 Å². The SMILES string of the molecule is CC(=O)CC=O.CC(O)CC=O.CC=O.COC(C)CC=O. The Bertz CT molecular complexity index is 275. The van der Waals surface area contributed by atoms with Gasteiger partial charge in [0.05, 0.1) is 18.6 Å². The van der Waals surface area contributed by atoms with E-state index in [2.05, 4.69) is 0 Å². The molecule has 0 bridgehead atoms. The smallest absolute Gasteiger partial charge is 0.136 e. The standard InChI is InChI=1S/C5H10O2.C4H8O2.C4H6O2.C2H4O/c1-5(7-2)3-4-6;2*1-4(6)2-3-5;1-2-3/h4-5H,3H2,1-2H3;3-4,6H,2H2,1H3;3H,2H2,1H3;2H,1H3. The first-order chi connectivity index (χ1) is 10.3. The number of ether oxygens (including phenoxy) is 1. The van der Waals surface area contributed by atoms with Crippen LogP contribution in [0.4, 0.5) is 0 Å². The first-order valence-corrected chi connectivity index (χ1v) is 6.68. The Morgan fingerprint density at radius 2 is 1.45 bits per heavy atom. The molecule has 0 aromatic heterocycles. The minimum absolute atomic E-state index is 0.0556. The van der Waals surface area contributed by atoms with Crippen molar-refractivity contribution in [3.8, 4) is 0 Å². The van der Waals surface area contributed by atoms with E-state index in [9.17, 15) is 19.2 Å². The van der Waals surface area contributed by atoms with Crippen LogP contribution in [0.3, 0.4) is 0 Å². The van der Waals surface area contributed by atoms with Gasteiger partial charge in [-0.3, -0.25) is 4.79 Å². The maximum absolute atomic E-state index is 9.81. The minimum atomic E-state index is -0.470. The van der Waals surface area contributed by atoms with Gasteiger partial charge in [0.25, 0.3) is 0 Å². The lowest BCUT2D eigenvalue weighted by Gasteiger charge is -2.00. The summed E-state index contributed by atoms with van der Waals surface area (Å²) < 4.78 is 4.76. The number of ketones is 1. The fourth-order valence-corrected chi connectivity index (χ4v) is 0.488. The predicted molar refractivity (Wildman–Crippen MR) is 82.6 cm³/mol. The molecule has 130 valence electrons. The molecule has 7 heteroatoms. The summed E-state index contributed by atoms with van der Waals surface area (Å²) in [6.45, 7) is 6.26. The van der Waals surface area contributed by atoms with Crippen LogP contribution in [0.1, 0.15) is 47.0 Å². The van der Waals surface area contributed by atoms with Crippen molar-refractivity contribution in [2.45, 2.75) is 59.2 Å². The number of hydrogen-bond donors (Lipinski definition) is 1. The predicted octanol–water partition coefficient (Wildman–Crippen LogP) is 0.936. The lowest BCUT2D eigenvalue weighted by Crippen LogP contribution is -2.03. The van der Waals surface area contributed by atoms with Crippen molar-refractivity contribution in [2.24, 2.45) is 0 Å². The van der Waals surface area contributed by atoms with Crippen LogP contribution < -0.4 is 0 Å². The second kappa shape index (κ2) is 27.6. The summed E-state index contributed by atoms with van der Waals surface area (Å²) in [6, 6.07) is 0. The zero-order chi connectivity index (χ0) is 18.4. The Morgan fingerprint density at radius 3 is 1.50 bits per heavy atom. The van der Waals surface area contributed by atoms with Gasteiger partial charge in [-0.05, 0) is 27.7 Å². The monoisotopic (exact) mass is 320 g/mol. The number of aldehydes is 4. The number of Topliss-reactive ketones (excluding diaryl/α,β-unsaturated/α-hetero) is 1. The molecule has 0 heterocycles. The highest BCUT2D eigenvalue weighted by atomic mass is 16.5. The van der Waals surface area contributed by atoms with Gasteiger partial charge < -0.3 is 29.0 Å². The van der Waals surface area contributed by atoms with Crippen molar-refractivity contribution in [3.63, 3.8) is 0 Å². The fraction of sp³-hybridized carbons (Fsp3) is 0.667. The Balaban J connectivity index is -0.000000102. The molecule has 0 aromatic rings. The summed E-state index contributed by atoms with van der Waals surface area (Å²) in [5.41, 5.74) is 0. The molecule has 0 radical (unpaired) electrons. The summed E-state index contributed by atoms with van der Waals surface area (Å²) in [5.74, 6) is -0.0787. The molecular weight excluding hydrogens is 292 g/mol. The van der Waals surface area contributed by atoms with Crippen molar-refractivity contribution in [2.75, 3.05) is 7.11 Å². The van der Waals surface area contributed by atoms with E-state index in [1.807, 2.05) is 6.92 Å². The van der Waals surface area contributed by atoms with Crippen LogP contribution >= 0.6 is 0 Å². The fourth-order valence-electron chi connectivity index (χ4n) is 0.488. The van der Waals surface area contributed by atoms with Crippen LogP contribution in [-0.2, 0) is 28.7 Å². The van der Waals surface area contributed by atoms with Crippen molar-refractivity contribution < 1.29 is 33.8 Å². The van der Waals surface area contributed by atoms with Crippen molar-refractivity contribution in [1.82, 2.24) is 0 Å². The molecule has 0 aromatic carbocycles. The topological polar surface area (TPSA) is 115 Å². The summed E-state index contributed by atoms with van der Waals surface area (Å²) in [4.78, 5) is 47.2. The van der Waals surface area contributed by atoms with Crippen LogP contribution in [-0.4, -0.2) is 55.4 Å². The molecule has 2 atom stereocenters. The van der Waals surface area contributed by atoms with Gasteiger partial charge in [-0.15, -0.1) is 0 Å². The summed E-state index contributed by atoms with van der Waals surface area (Å²) >= 11 is 0. The molecule has 0 aliphatic heterocycles. The number of rotatable bonds is 7. The quantitative estimate of drug-likeness (QED) is 0.548. The summed E-state index contributed by atoms with van der Waals surface area (Å²) in [6.07, 6.45) is 3.32. The molecule has 22 heavy (non-hydrogen) atoms. The van der Waals surface area contributed by atoms with E-state index in [0.29, 0.717) is 19.0 Å². The number of carbonyl (C=O) groups excluding carboxylic acids is 5. The second-order valence-corrected chi connectivity index (χ2v) is 4.01. The zero-order valence-electron chi connectivity index (χ0n) is 14.0. The number of methoxy groups -OCH3 is 1. The van der Waals surface area contributed by atoms with E-state index < -0.39 is 6.10 Å². The highest BCUT2D eigenvalue weighted by Crippen LogP contribution is 1.88. The van der Waals surface area contributed by atoms with Crippen LogP contribution in [0.5, 0.6) is 0 Å². The summed E-state index contributed by atoms with van der Waals surface area (Å²) in [7, 11) is 1.59. The van der Waals surface area contributed by atoms with E-state index in [0.717, 1.165) is 12.6 Å². The minimum Gasteiger partial charge on any atom is -0.393 e. The van der Waals surface area contributed by atoms with Crippen molar-refractivity contribution in [3.05, 3.63) is 0 Å². The molecule has 0 saturated heterocycles. The molecule has 1 N–H and O–H groups in total. The van der Waals surface area contributed by atoms with Crippen molar-refractivity contribution >= 4 is 30.9 Å². The zero-order valence-corrected chi connectivity index (χ0v) is 14.0. The molecule has 0 rings (SSSR count). The van der Waals surface area contributed by atoms with Gasteiger partial charge in [0.2, 0.25) is 0 Å². The maximum atomic E-state index is 9.81. The third kappa shape index (κ3) is 63.4. The molecule has 0 fully saturated rings. The Kier molecular flexibility index (Phi) is 35.7. The molecule has 2 unspecified atom stereocenters. The average molecular weight is 320 g/mol. The third-order valence-corrected chi connectivity index (χ3v) is 1.64. The van der Waals surface area contributed by atoms with E-state index in [1.165, 1.54) is 13.8 Å².